The molecule has 0 bridgehead atoms. The molecule has 4 saturated heterocycles. The number of aromatic nitrogens is 5. The molecule has 1 atom stereocenters. The summed E-state index contributed by atoms with van der Waals surface area (Å²) in [5, 5.41) is 19.5. The molecule has 3 aromatic heterocycles. The van der Waals surface area contributed by atoms with Crippen molar-refractivity contribution in [3.63, 3.8) is 0 Å². The van der Waals surface area contributed by atoms with E-state index in [1.165, 1.54) is 6.42 Å². The lowest BCUT2D eigenvalue weighted by molar-refractivity contribution is 0.0935. The minimum absolute atomic E-state index is 0.118. The van der Waals surface area contributed by atoms with Crippen molar-refractivity contribution in [2.45, 2.75) is 76.8 Å². The van der Waals surface area contributed by atoms with Gasteiger partial charge in [0, 0.05) is 87.8 Å². The van der Waals surface area contributed by atoms with E-state index in [1.54, 1.807) is 41.8 Å². The zero-order chi connectivity index (χ0) is 42.7. The summed E-state index contributed by atoms with van der Waals surface area (Å²) in [5.74, 6) is 4.07. The normalized spacial score (nSPS) is 19.3. The number of carbonyl (C=O) groups is 2. The van der Waals surface area contributed by atoms with Gasteiger partial charge < -0.3 is 35.4 Å². The summed E-state index contributed by atoms with van der Waals surface area (Å²) in [7, 11) is 1.55. The smallest absolute Gasteiger partial charge is 0.274 e. The largest absolute Gasteiger partial charge is 0.496 e. The highest BCUT2D eigenvalue weighted by molar-refractivity contribution is 6.07. The highest BCUT2D eigenvalue weighted by Crippen LogP contribution is 2.36. The lowest BCUT2D eigenvalue weighted by Crippen LogP contribution is -2.43. The maximum Gasteiger partial charge on any atom is 0.274 e. The van der Waals surface area contributed by atoms with Gasteiger partial charge in [-0.15, -0.1) is 0 Å². The molecule has 9 rings (SSSR count). The molecular weight excluding hydrogens is 787 g/mol. The van der Waals surface area contributed by atoms with Gasteiger partial charge in [-0.3, -0.25) is 14.3 Å². The van der Waals surface area contributed by atoms with Crippen molar-refractivity contribution in [2.75, 3.05) is 68.0 Å². The molecule has 5 aromatic rings. The number of rotatable bonds is 10. The number of ether oxygens (including phenoxy) is 1. The number of aryl methyl sites for hydroxylation is 1. The number of fused-ring (bicyclic) bond motifs is 2. The number of nitrogens with one attached hydrogen (secondary N) is 3. The topological polar surface area (TPSA) is 171 Å². The third-order valence-corrected chi connectivity index (χ3v) is 13.0. The molecule has 16 heteroatoms. The van der Waals surface area contributed by atoms with Gasteiger partial charge in [0.25, 0.3) is 11.8 Å². The average molecular weight is 840 g/mol. The molecule has 0 spiro atoms. The van der Waals surface area contributed by atoms with Crippen LogP contribution in [0.3, 0.4) is 0 Å². The second-order valence-corrected chi connectivity index (χ2v) is 17.1. The molecule has 3 N–H and O–H groups in total. The molecule has 0 saturated carbocycles. The van der Waals surface area contributed by atoms with E-state index >= 15 is 0 Å². The Balaban J connectivity index is 0.800. The van der Waals surface area contributed by atoms with E-state index in [9.17, 15) is 19.2 Å². The summed E-state index contributed by atoms with van der Waals surface area (Å²) in [6.07, 6.45) is 12.2. The van der Waals surface area contributed by atoms with Crippen LogP contribution in [0.25, 0.3) is 16.6 Å². The fraction of sp³-hybridized carbons (Fsp3) is 0.457. The van der Waals surface area contributed by atoms with Crippen molar-refractivity contribution in [2.24, 2.45) is 5.92 Å². The zero-order valence-corrected chi connectivity index (χ0v) is 35.4. The number of benzene rings is 2. The number of likely N-dealkylation sites (tertiary alicyclic amines) is 1. The molecule has 322 valence electrons. The fourth-order valence-corrected chi connectivity index (χ4v) is 9.60. The highest BCUT2D eigenvalue weighted by atomic mass is 16.5. The first-order valence-corrected chi connectivity index (χ1v) is 21.9. The van der Waals surface area contributed by atoms with Crippen molar-refractivity contribution < 1.29 is 23.9 Å². The zero-order valence-electron chi connectivity index (χ0n) is 35.4. The molecule has 4 aliphatic rings. The van der Waals surface area contributed by atoms with Gasteiger partial charge >= 0.3 is 0 Å². The maximum atomic E-state index is 13.8. The standard InChI is InChI=1S/C46H53N11O5/c1-30-22-44-47-15-10-41(57(44)51-30)46(61)50-39-23-32-27-56(52-38(32)25-42(39)55-16-4-3-5-17-55)34-13-18-53(19-14-34)26-31-11-20-54(21-12-31)35-7-8-36(43(24-35)62-2)45(60)49-37-9-6-33(28-58)48-40(37)29-59/h7-8,10,15,22-25,27,31,34,37,48H,3-6,9,11-14,16-21,26H2,1-2H3,(H,49,60)(H,50,61)/t37-/m0/s1. The SMILES string of the molecule is COc1cc(N2CCC(CN3CCC(n4cc5cc(NC(=O)c6ccnc7cc(C)nn67)c(N6CCCCC6)cc5n4)CC3)CC2)ccc1C(=O)N[C@H]1CCC(=C=O)NC1=C=O. The van der Waals surface area contributed by atoms with Crippen LogP contribution in [0.4, 0.5) is 17.1 Å². The van der Waals surface area contributed by atoms with E-state index in [4.69, 9.17) is 9.84 Å². The Bertz CT molecular complexity index is 2580. The molecule has 16 nitrogen and oxygen atoms in total. The third-order valence-electron chi connectivity index (χ3n) is 13.0. The first-order chi connectivity index (χ1) is 30.3. The second kappa shape index (κ2) is 17.9. The van der Waals surface area contributed by atoms with Crippen LogP contribution in [0.15, 0.2) is 66.3 Å². The number of piperidine rings is 4. The van der Waals surface area contributed by atoms with Gasteiger partial charge in [0.05, 0.1) is 47.3 Å². The minimum atomic E-state index is -0.579. The minimum Gasteiger partial charge on any atom is -0.496 e. The van der Waals surface area contributed by atoms with Crippen LogP contribution in [0.1, 0.15) is 90.4 Å². The van der Waals surface area contributed by atoms with Crippen LogP contribution in [-0.4, -0.2) is 112 Å². The Morgan fingerprint density at radius 1 is 0.871 bits per heavy atom. The predicted octanol–water partition coefficient (Wildman–Crippen LogP) is 5.10. The van der Waals surface area contributed by atoms with Gasteiger partial charge in [-0.1, -0.05) is 0 Å². The van der Waals surface area contributed by atoms with Crippen LogP contribution < -0.4 is 30.5 Å². The molecule has 0 unspecified atom stereocenters. The van der Waals surface area contributed by atoms with Gasteiger partial charge in [-0.05, 0) is 94.5 Å². The number of carbonyl (C=O) groups excluding carboxylic acids is 4. The summed E-state index contributed by atoms with van der Waals surface area (Å²) in [6.45, 7) is 8.73. The summed E-state index contributed by atoms with van der Waals surface area (Å²) in [6, 6.07) is 13.2. The lowest BCUT2D eigenvalue weighted by Gasteiger charge is -2.38. The second-order valence-electron chi connectivity index (χ2n) is 17.1. The number of amides is 2. The fourth-order valence-electron chi connectivity index (χ4n) is 9.60. The van der Waals surface area contributed by atoms with Crippen molar-refractivity contribution in [3.8, 4) is 5.75 Å². The van der Waals surface area contributed by atoms with Crippen molar-refractivity contribution in [1.82, 2.24) is 39.9 Å². The number of nitrogens with zero attached hydrogens (tertiary/aromatic N) is 8. The molecule has 0 aliphatic carbocycles. The van der Waals surface area contributed by atoms with Gasteiger partial charge in [-0.2, -0.15) is 10.2 Å². The Morgan fingerprint density at radius 2 is 1.68 bits per heavy atom. The first-order valence-electron chi connectivity index (χ1n) is 21.9. The number of allylic oxidation sites excluding steroid dienone is 1. The van der Waals surface area contributed by atoms with E-state index < -0.39 is 6.04 Å². The van der Waals surface area contributed by atoms with Crippen LogP contribution in [-0.2, 0) is 9.59 Å². The van der Waals surface area contributed by atoms with Crippen molar-refractivity contribution in [1.29, 1.82) is 0 Å². The molecule has 7 heterocycles. The Labute approximate surface area is 360 Å². The van der Waals surface area contributed by atoms with Gasteiger partial charge in [0.15, 0.2) is 5.65 Å². The first kappa shape index (κ1) is 40.9. The number of hydrogen-bond donors (Lipinski definition) is 3. The lowest BCUT2D eigenvalue weighted by atomic mass is 9.94. The summed E-state index contributed by atoms with van der Waals surface area (Å²) in [5.41, 5.74) is 6.40. The summed E-state index contributed by atoms with van der Waals surface area (Å²) >= 11 is 0. The quantitative estimate of drug-likeness (QED) is 0.159. The number of anilines is 3. The van der Waals surface area contributed by atoms with Crippen LogP contribution in [0.2, 0.25) is 0 Å². The van der Waals surface area contributed by atoms with Crippen LogP contribution in [0, 0.1) is 12.8 Å². The monoisotopic (exact) mass is 839 g/mol. The van der Waals surface area contributed by atoms with E-state index in [2.05, 4.69) is 63.7 Å². The molecule has 4 aliphatic heterocycles. The maximum absolute atomic E-state index is 13.8. The number of methoxy groups -OCH3 is 1. The van der Waals surface area contributed by atoms with Crippen molar-refractivity contribution in [3.05, 3.63) is 83.2 Å². The predicted molar refractivity (Wildman–Crippen MR) is 236 cm³/mol. The molecule has 62 heavy (non-hydrogen) atoms. The molecule has 4 fully saturated rings. The van der Waals surface area contributed by atoms with Crippen LogP contribution in [0.5, 0.6) is 5.75 Å². The van der Waals surface area contributed by atoms with Gasteiger partial charge in [0.1, 0.15) is 34.7 Å². The van der Waals surface area contributed by atoms with E-state index in [1.807, 2.05) is 25.1 Å². The van der Waals surface area contributed by atoms with E-state index in [-0.39, 0.29) is 23.2 Å². The molecular formula is C46H53N11O5. The molecule has 2 amide bonds. The Morgan fingerprint density at radius 3 is 2.44 bits per heavy atom. The van der Waals surface area contributed by atoms with E-state index in [0.29, 0.717) is 47.5 Å². The molecule has 0 radical (unpaired) electrons. The van der Waals surface area contributed by atoms with Crippen molar-refractivity contribution >= 4 is 57.3 Å². The summed E-state index contributed by atoms with van der Waals surface area (Å²) in [4.78, 5) is 61.3. The summed E-state index contributed by atoms with van der Waals surface area (Å²) < 4.78 is 9.42. The average Bonchev–Trinajstić information content (AvgIpc) is 3.91. The van der Waals surface area contributed by atoms with Gasteiger partial charge in [0.2, 0.25) is 0 Å². The number of hydrogen-bond acceptors (Lipinski definition) is 12. The third kappa shape index (κ3) is 8.54. The Kier molecular flexibility index (Phi) is 11.8. The van der Waals surface area contributed by atoms with Crippen LogP contribution >= 0.6 is 0 Å². The molecule has 2 aromatic carbocycles. The van der Waals surface area contributed by atoms with E-state index in [0.717, 1.165) is 118 Å². The van der Waals surface area contributed by atoms with Gasteiger partial charge in [-0.25, -0.2) is 19.1 Å². The Hall–Kier alpha value is -6.47. The highest BCUT2D eigenvalue weighted by Gasteiger charge is 2.29.